The Balaban J connectivity index is 0.00000320. The summed E-state index contributed by atoms with van der Waals surface area (Å²) in [5, 5.41) is 1.23. The second-order valence-corrected chi connectivity index (χ2v) is 8.44. The number of fused-ring (bicyclic) bond motifs is 1. The van der Waals surface area contributed by atoms with Gasteiger partial charge in [0.2, 0.25) is 0 Å². The first kappa shape index (κ1) is 24.8. The van der Waals surface area contributed by atoms with Gasteiger partial charge in [-0.15, -0.1) is 12.4 Å². The zero-order valence-corrected chi connectivity index (χ0v) is 20.1. The highest BCUT2D eigenvalue weighted by molar-refractivity contribution is 7.23. The van der Waals surface area contributed by atoms with E-state index in [1.165, 1.54) is 23.5 Å². The van der Waals surface area contributed by atoms with Crippen molar-refractivity contribution in [1.29, 1.82) is 0 Å². The molecule has 0 aliphatic carbocycles. The number of likely N-dealkylation sites (N-methyl/N-ethyl adjacent to an activating group) is 1. The molecule has 0 aliphatic rings. The Morgan fingerprint density at radius 2 is 1.80 bits per heavy atom. The van der Waals surface area contributed by atoms with Gasteiger partial charge in [-0.3, -0.25) is 9.69 Å². The number of halogens is 4. The van der Waals surface area contributed by atoms with E-state index >= 15 is 0 Å². The van der Waals surface area contributed by atoms with Crippen molar-refractivity contribution in [3.8, 4) is 0 Å². The molecule has 0 N–H and O–H groups in total. The lowest BCUT2D eigenvalue weighted by Crippen LogP contribution is -2.39. The van der Waals surface area contributed by atoms with Crippen LogP contribution in [0.15, 0.2) is 30.3 Å². The molecule has 1 aromatic heterocycles. The van der Waals surface area contributed by atoms with Crippen molar-refractivity contribution >= 4 is 68.2 Å². The highest BCUT2D eigenvalue weighted by Crippen LogP contribution is 2.36. The molecule has 1 heterocycles. The number of rotatable bonds is 7. The molecule has 4 nitrogen and oxygen atoms in total. The second kappa shape index (κ2) is 10.7. The van der Waals surface area contributed by atoms with Gasteiger partial charge in [0.05, 0.1) is 25.8 Å². The summed E-state index contributed by atoms with van der Waals surface area (Å²) in [5.74, 6) is -0.793. The highest BCUT2D eigenvalue weighted by Gasteiger charge is 2.24. The number of benzene rings is 2. The van der Waals surface area contributed by atoms with Gasteiger partial charge in [-0.05, 0) is 49.8 Å². The molecule has 0 saturated carbocycles. The van der Waals surface area contributed by atoms with Crippen molar-refractivity contribution in [2.24, 2.45) is 0 Å². The molecule has 0 aliphatic heterocycles. The Hall–Kier alpha value is -1.44. The Morgan fingerprint density at radius 3 is 2.40 bits per heavy atom. The molecule has 162 valence electrons. The van der Waals surface area contributed by atoms with E-state index in [1.54, 1.807) is 4.90 Å². The van der Waals surface area contributed by atoms with E-state index in [1.807, 2.05) is 19.1 Å². The van der Waals surface area contributed by atoms with Crippen molar-refractivity contribution < 1.29 is 9.18 Å². The average molecular weight is 491 g/mol. The standard InChI is InChI=1S/C21H22Cl2FN3OS.ClH/c1-4-26(5-2)10-11-27(20(28)15-8-7-14(24)12-17(15)23)21-25-18-13(3)6-9-16(22)19(18)29-21;/h6-9,12H,4-5,10-11H2,1-3H3;1H. The van der Waals surface area contributed by atoms with Crippen LogP contribution in [-0.2, 0) is 0 Å². The molecule has 0 saturated heterocycles. The van der Waals surface area contributed by atoms with Gasteiger partial charge in [0.15, 0.2) is 5.13 Å². The van der Waals surface area contributed by atoms with E-state index in [-0.39, 0.29) is 28.9 Å². The maximum absolute atomic E-state index is 13.5. The first-order valence-corrected chi connectivity index (χ1v) is 11.0. The summed E-state index contributed by atoms with van der Waals surface area (Å²) in [6.07, 6.45) is 0. The summed E-state index contributed by atoms with van der Waals surface area (Å²) in [6.45, 7) is 8.98. The second-order valence-electron chi connectivity index (χ2n) is 6.65. The third-order valence-corrected chi connectivity index (χ3v) is 6.71. The molecular weight excluding hydrogens is 468 g/mol. The van der Waals surface area contributed by atoms with Crippen LogP contribution in [0.25, 0.3) is 10.2 Å². The lowest BCUT2D eigenvalue weighted by molar-refractivity contribution is 0.0984. The lowest BCUT2D eigenvalue weighted by Gasteiger charge is -2.25. The topological polar surface area (TPSA) is 36.4 Å². The van der Waals surface area contributed by atoms with Crippen molar-refractivity contribution in [3.63, 3.8) is 0 Å². The summed E-state index contributed by atoms with van der Waals surface area (Å²) < 4.78 is 14.3. The van der Waals surface area contributed by atoms with Gasteiger partial charge in [0.1, 0.15) is 5.82 Å². The largest absolute Gasteiger partial charge is 0.302 e. The summed E-state index contributed by atoms with van der Waals surface area (Å²) in [6, 6.07) is 7.54. The molecule has 0 bridgehead atoms. The molecule has 9 heteroatoms. The number of thiazole rings is 1. The van der Waals surface area contributed by atoms with Crippen molar-refractivity contribution in [3.05, 3.63) is 57.3 Å². The minimum Gasteiger partial charge on any atom is -0.302 e. The molecule has 1 amide bonds. The van der Waals surface area contributed by atoms with E-state index < -0.39 is 5.82 Å². The van der Waals surface area contributed by atoms with Gasteiger partial charge < -0.3 is 4.90 Å². The van der Waals surface area contributed by atoms with Gasteiger partial charge in [-0.25, -0.2) is 9.37 Å². The van der Waals surface area contributed by atoms with Crippen LogP contribution >= 0.6 is 46.9 Å². The molecule has 0 unspecified atom stereocenters. The van der Waals surface area contributed by atoms with Crippen molar-refractivity contribution in [2.45, 2.75) is 20.8 Å². The minimum absolute atomic E-state index is 0. The van der Waals surface area contributed by atoms with Crippen molar-refractivity contribution in [2.75, 3.05) is 31.1 Å². The Kier molecular flexibility index (Phi) is 8.88. The molecule has 0 radical (unpaired) electrons. The van der Waals surface area contributed by atoms with Crippen LogP contribution in [0.4, 0.5) is 9.52 Å². The minimum atomic E-state index is -0.483. The fourth-order valence-corrected chi connectivity index (χ4v) is 4.67. The smallest absolute Gasteiger partial charge is 0.261 e. The van der Waals surface area contributed by atoms with Crippen molar-refractivity contribution in [1.82, 2.24) is 9.88 Å². The zero-order valence-electron chi connectivity index (χ0n) is 16.9. The maximum atomic E-state index is 13.5. The van der Waals surface area contributed by atoms with Crippen LogP contribution in [0.3, 0.4) is 0 Å². The van der Waals surface area contributed by atoms with E-state index in [0.717, 1.165) is 34.9 Å². The molecule has 2 aromatic carbocycles. The van der Waals surface area contributed by atoms with E-state index in [2.05, 4.69) is 18.7 Å². The van der Waals surface area contributed by atoms with Crippen LogP contribution in [0.1, 0.15) is 29.8 Å². The summed E-state index contributed by atoms with van der Waals surface area (Å²) in [4.78, 5) is 21.9. The third-order valence-electron chi connectivity index (χ3n) is 4.86. The molecular formula is C21H23Cl3FN3OS. The number of anilines is 1. The predicted molar refractivity (Wildman–Crippen MR) is 127 cm³/mol. The number of amides is 1. The molecule has 0 spiro atoms. The number of carbonyl (C=O) groups excluding carboxylic acids is 1. The lowest BCUT2D eigenvalue weighted by atomic mass is 10.2. The number of aromatic nitrogens is 1. The Morgan fingerprint density at radius 1 is 1.10 bits per heavy atom. The van der Waals surface area contributed by atoms with Gasteiger partial charge in [0.25, 0.3) is 5.91 Å². The van der Waals surface area contributed by atoms with Gasteiger partial charge in [-0.1, -0.05) is 54.5 Å². The van der Waals surface area contributed by atoms with Gasteiger partial charge >= 0.3 is 0 Å². The quantitative estimate of drug-likeness (QED) is 0.381. The molecule has 3 aromatic rings. The van der Waals surface area contributed by atoms with Crippen LogP contribution in [0, 0.1) is 12.7 Å². The SMILES string of the molecule is CCN(CC)CCN(C(=O)c1ccc(F)cc1Cl)c1nc2c(C)ccc(Cl)c2s1.Cl. The first-order chi connectivity index (χ1) is 13.8. The fourth-order valence-electron chi connectivity index (χ4n) is 3.08. The monoisotopic (exact) mass is 489 g/mol. The molecule has 30 heavy (non-hydrogen) atoms. The third kappa shape index (κ3) is 5.24. The van der Waals surface area contributed by atoms with Crippen LogP contribution < -0.4 is 4.90 Å². The number of hydrogen-bond donors (Lipinski definition) is 0. The fraction of sp³-hybridized carbons (Fsp3) is 0.333. The van der Waals surface area contributed by atoms with E-state index in [9.17, 15) is 9.18 Å². The first-order valence-electron chi connectivity index (χ1n) is 9.40. The van der Waals surface area contributed by atoms with Crippen LogP contribution in [0.5, 0.6) is 0 Å². The molecule has 3 rings (SSSR count). The number of aryl methyl sites for hydroxylation is 1. The number of carbonyl (C=O) groups is 1. The summed E-state index contributed by atoms with van der Waals surface area (Å²) in [5.41, 5.74) is 2.01. The van der Waals surface area contributed by atoms with E-state index in [0.29, 0.717) is 23.2 Å². The van der Waals surface area contributed by atoms with Gasteiger partial charge in [-0.2, -0.15) is 0 Å². The van der Waals surface area contributed by atoms with Gasteiger partial charge in [0, 0.05) is 13.1 Å². The number of nitrogens with zero attached hydrogens (tertiary/aromatic N) is 3. The Labute approximate surface area is 196 Å². The maximum Gasteiger partial charge on any atom is 0.261 e. The number of hydrogen-bond acceptors (Lipinski definition) is 4. The normalized spacial score (nSPS) is 11.0. The Bertz CT molecular complexity index is 1000. The molecule has 0 fully saturated rings. The molecule has 0 atom stereocenters. The summed E-state index contributed by atoms with van der Waals surface area (Å²) in [7, 11) is 0. The summed E-state index contributed by atoms with van der Waals surface area (Å²) >= 11 is 13.9. The van der Waals surface area contributed by atoms with E-state index in [4.69, 9.17) is 28.2 Å². The zero-order chi connectivity index (χ0) is 21.1. The van der Waals surface area contributed by atoms with Crippen LogP contribution in [0.2, 0.25) is 10.0 Å². The highest BCUT2D eigenvalue weighted by atomic mass is 35.5. The van der Waals surface area contributed by atoms with Crippen LogP contribution in [-0.4, -0.2) is 42.0 Å². The predicted octanol–water partition coefficient (Wildman–Crippen LogP) is 6.46. The average Bonchev–Trinajstić information content (AvgIpc) is 3.14.